The molecule has 0 atom stereocenters. The summed E-state index contributed by atoms with van der Waals surface area (Å²) < 4.78 is 30.8. The average molecular weight is 467 g/mol. The molecule has 166 valence electrons. The van der Waals surface area contributed by atoms with E-state index < -0.39 is 11.5 Å². The Labute approximate surface area is 189 Å². The largest absolute Gasteiger partial charge is 0.435 e. The van der Waals surface area contributed by atoms with Crippen LogP contribution >= 0.6 is 11.3 Å². The predicted molar refractivity (Wildman–Crippen MR) is 120 cm³/mol. The van der Waals surface area contributed by atoms with Gasteiger partial charge in [-0.05, 0) is 42.5 Å². The summed E-state index contributed by atoms with van der Waals surface area (Å²) in [4.78, 5) is 19.9. The van der Waals surface area contributed by atoms with Crippen molar-refractivity contribution in [2.45, 2.75) is 6.61 Å². The lowest BCUT2D eigenvalue weighted by molar-refractivity contribution is -0.384. The lowest BCUT2D eigenvalue weighted by Crippen LogP contribution is -2.12. The second-order valence-electron chi connectivity index (χ2n) is 6.48. The minimum atomic E-state index is -2.92. The quantitative estimate of drug-likeness (QED) is 0.211. The number of alkyl halides is 2. The number of nitro benzene ring substituents is 1. The first-order valence-corrected chi connectivity index (χ1v) is 10.4. The highest BCUT2D eigenvalue weighted by Crippen LogP contribution is 2.27. The van der Waals surface area contributed by atoms with E-state index in [1.165, 1.54) is 40.4 Å². The van der Waals surface area contributed by atoms with Crippen molar-refractivity contribution in [3.63, 3.8) is 0 Å². The van der Waals surface area contributed by atoms with Gasteiger partial charge in [-0.3, -0.25) is 15.1 Å². The van der Waals surface area contributed by atoms with Crippen molar-refractivity contribution in [3.05, 3.63) is 98.9 Å². The lowest BCUT2D eigenvalue weighted by atomic mass is 10.2. The molecule has 2 aromatic heterocycles. The number of nitrogens with zero attached hydrogens (tertiary/aromatic N) is 5. The second-order valence-corrected chi connectivity index (χ2v) is 7.31. The fourth-order valence-electron chi connectivity index (χ4n) is 2.88. The van der Waals surface area contributed by atoms with Crippen molar-refractivity contribution in [1.29, 1.82) is 0 Å². The van der Waals surface area contributed by atoms with Gasteiger partial charge in [0.15, 0.2) is 0 Å². The summed E-state index contributed by atoms with van der Waals surface area (Å²) in [6, 6.07) is 17.6. The zero-order valence-electron chi connectivity index (χ0n) is 16.8. The molecule has 2 aromatic carbocycles. The van der Waals surface area contributed by atoms with Crippen LogP contribution in [0.5, 0.6) is 5.75 Å². The highest BCUT2D eigenvalue weighted by atomic mass is 32.1. The Hall–Kier alpha value is -4.25. The number of halogens is 2. The highest BCUT2D eigenvalue weighted by Gasteiger charge is 2.14. The van der Waals surface area contributed by atoms with Crippen molar-refractivity contribution < 1.29 is 18.4 Å². The minimum Gasteiger partial charge on any atom is -0.435 e. The molecule has 0 N–H and O–H groups in total. The first-order valence-electron chi connectivity index (χ1n) is 9.50. The second kappa shape index (κ2) is 9.92. The van der Waals surface area contributed by atoms with Crippen LogP contribution in [-0.4, -0.2) is 27.4 Å². The van der Waals surface area contributed by atoms with Gasteiger partial charge in [0.1, 0.15) is 11.4 Å². The Kier molecular flexibility index (Phi) is 6.60. The maximum atomic E-state index is 12.5. The molecule has 33 heavy (non-hydrogen) atoms. The molecule has 0 aliphatic rings. The highest BCUT2D eigenvalue weighted by molar-refractivity contribution is 7.07. The molecule has 0 unspecified atom stereocenters. The van der Waals surface area contributed by atoms with Gasteiger partial charge in [-0.25, -0.2) is 9.67 Å². The smallest absolute Gasteiger partial charge is 0.387 e. The third-order valence-corrected chi connectivity index (χ3v) is 5.16. The molecule has 8 nitrogen and oxygen atoms in total. The summed E-state index contributed by atoms with van der Waals surface area (Å²) in [5.41, 5.74) is 1.90. The van der Waals surface area contributed by atoms with Gasteiger partial charge in [0, 0.05) is 23.2 Å². The summed E-state index contributed by atoms with van der Waals surface area (Å²) in [6.45, 7) is -2.92. The van der Waals surface area contributed by atoms with Gasteiger partial charge in [-0.1, -0.05) is 18.2 Å². The van der Waals surface area contributed by atoms with E-state index >= 15 is 0 Å². The van der Waals surface area contributed by atoms with Crippen LogP contribution in [0.4, 0.5) is 20.2 Å². The Morgan fingerprint density at radius 2 is 1.85 bits per heavy atom. The third-order valence-electron chi connectivity index (χ3n) is 4.35. The molecular weight excluding hydrogens is 452 g/mol. The van der Waals surface area contributed by atoms with Gasteiger partial charge in [0.2, 0.25) is 4.80 Å². The summed E-state index contributed by atoms with van der Waals surface area (Å²) in [6.07, 6.45) is 3.16. The average Bonchev–Trinajstić information content (AvgIpc) is 3.21. The number of para-hydroxylation sites is 2. The number of benzene rings is 2. The Bertz CT molecular complexity index is 1350. The molecular formula is C22H15F2N5O3S. The van der Waals surface area contributed by atoms with Crippen molar-refractivity contribution >= 4 is 28.9 Å². The van der Waals surface area contributed by atoms with E-state index in [-0.39, 0.29) is 17.1 Å². The number of pyridine rings is 1. The number of aromatic nitrogens is 2. The molecule has 0 amide bonds. The number of hydrogen-bond donors (Lipinski definition) is 0. The summed E-state index contributed by atoms with van der Waals surface area (Å²) in [5.74, 6) is 0.0253. The topological polar surface area (TPSA) is 94.9 Å². The number of rotatable bonds is 7. The van der Waals surface area contributed by atoms with Crippen LogP contribution < -0.4 is 9.54 Å². The minimum absolute atomic E-state index is 0.0253. The van der Waals surface area contributed by atoms with E-state index in [0.717, 1.165) is 0 Å². The molecule has 4 rings (SSSR count). The molecule has 0 aliphatic carbocycles. The third kappa shape index (κ3) is 5.33. The maximum absolute atomic E-state index is 12.5. The van der Waals surface area contributed by atoms with Crippen LogP contribution in [-0.2, 0) is 0 Å². The number of nitro groups is 1. The Morgan fingerprint density at radius 3 is 2.55 bits per heavy atom. The summed E-state index contributed by atoms with van der Waals surface area (Å²) in [5, 5.41) is 17.6. The van der Waals surface area contributed by atoms with Crippen molar-refractivity contribution in [3.8, 4) is 17.0 Å². The van der Waals surface area contributed by atoms with Crippen LogP contribution in [0.2, 0.25) is 0 Å². The van der Waals surface area contributed by atoms with Gasteiger partial charge in [0.25, 0.3) is 5.69 Å². The molecule has 0 radical (unpaired) electrons. The van der Waals surface area contributed by atoms with E-state index in [4.69, 9.17) is 0 Å². The van der Waals surface area contributed by atoms with Crippen LogP contribution in [0.1, 0.15) is 5.69 Å². The maximum Gasteiger partial charge on any atom is 0.387 e. The number of thiazole rings is 1. The van der Waals surface area contributed by atoms with E-state index in [0.29, 0.717) is 21.8 Å². The predicted octanol–water partition coefficient (Wildman–Crippen LogP) is 5.24. The van der Waals surface area contributed by atoms with Crippen molar-refractivity contribution in [2.75, 3.05) is 0 Å². The standard InChI is InChI=1S/C22H15F2N5O3S/c23-21(24)32-17-10-8-15(9-11-17)20-14-33-22(27-18-6-1-2-7-19(18)29(30)31)28(20)26-13-16-5-3-4-12-25-16/h1-14,21H. The molecule has 0 saturated carbocycles. The molecule has 0 aliphatic heterocycles. The molecule has 2 heterocycles. The Morgan fingerprint density at radius 1 is 1.09 bits per heavy atom. The molecule has 11 heteroatoms. The first kappa shape index (κ1) is 22.0. The molecule has 4 aromatic rings. The van der Waals surface area contributed by atoms with Crippen molar-refractivity contribution in [2.24, 2.45) is 10.1 Å². The van der Waals surface area contributed by atoms with Gasteiger partial charge >= 0.3 is 6.61 Å². The van der Waals surface area contributed by atoms with E-state index in [1.807, 2.05) is 6.07 Å². The monoisotopic (exact) mass is 467 g/mol. The molecule has 0 fully saturated rings. The van der Waals surface area contributed by atoms with Gasteiger partial charge in [-0.2, -0.15) is 13.9 Å². The fourth-order valence-corrected chi connectivity index (χ4v) is 3.73. The van der Waals surface area contributed by atoms with Crippen LogP contribution in [0.15, 0.2) is 88.4 Å². The van der Waals surface area contributed by atoms with Gasteiger partial charge < -0.3 is 4.74 Å². The van der Waals surface area contributed by atoms with Gasteiger partial charge in [0.05, 0.1) is 22.5 Å². The molecule has 0 bridgehead atoms. The number of ether oxygens (including phenoxy) is 1. The fraction of sp³-hybridized carbons (Fsp3) is 0.0455. The zero-order valence-corrected chi connectivity index (χ0v) is 17.6. The van der Waals surface area contributed by atoms with E-state index in [1.54, 1.807) is 54.0 Å². The summed E-state index contributed by atoms with van der Waals surface area (Å²) in [7, 11) is 0. The SMILES string of the molecule is O=[N+]([O-])c1ccccc1N=c1scc(-c2ccc(OC(F)F)cc2)n1N=Cc1ccccn1. The van der Waals surface area contributed by atoms with E-state index in [9.17, 15) is 18.9 Å². The van der Waals surface area contributed by atoms with Crippen molar-refractivity contribution in [1.82, 2.24) is 9.66 Å². The molecule has 0 saturated heterocycles. The summed E-state index contributed by atoms with van der Waals surface area (Å²) >= 11 is 1.22. The number of hydrogen-bond acceptors (Lipinski definition) is 7. The zero-order chi connectivity index (χ0) is 23.2. The lowest BCUT2D eigenvalue weighted by Gasteiger charge is -2.06. The molecule has 0 spiro atoms. The van der Waals surface area contributed by atoms with Crippen LogP contribution in [0, 0.1) is 10.1 Å². The van der Waals surface area contributed by atoms with Gasteiger partial charge in [-0.15, -0.1) is 11.3 Å². The van der Waals surface area contributed by atoms with Crippen LogP contribution in [0.25, 0.3) is 11.3 Å². The first-order chi connectivity index (χ1) is 16.0. The van der Waals surface area contributed by atoms with E-state index in [2.05, 4.69) is 19.8 Å². The van der Waals surface area contributed by atoms with Crippen LogP contribution in [0.3, 0.4) is 0 Å². The normalized spacial score (nSPS) is 11.9. The Balaban J connectivity index is 1.82.